The van der Waals surface area contributed by atoms with E-state index in [1.165, 1.54) is 0 Å². The van der Waals surface area contributed by atoms with E-state index in [4.69, 9.17) is 5.11 Å². The minimum absolute atomic E-state index is 0.0791. The molecule has 0 aromatic heterocycles. The molecule has 0 unspecified atom stereocenters. The van der Waals surface area contributed by atoms with Crippen molar-refractivity contribution < 1.29 is 9.90 Å². The maximum absolute atomic E-state index is 12.7. The molecule has 0 spiro atoms. The molecule has 4 heteroatoms. The second kappa shape index (κ2) is 7.26. The number of carbonyl (C=O) groups is 1. The third kappa shape index (κ3) is 4.07. The van der Waals surface area contributed by atoms with Crippen molar-refractivity contribution in [3.8, 4) is 11.8 Å². The van der Waals surface area contributed by atoms with Crippen LogP contribution in [-0.4, -0.2) is 60.6 Å². The average molecular weight is 286 g/mol. The van der Waals surface area contributed by atoms with Crippen LogP contribution in [0, 0.1) is 18.8 Å². The summed E-state index contributed by atoms with van der Waals surface area (Å²) in [5.74, 6) is 5.56. The predicted molar refractivity (Wildman–Crippen MR) is 83.2 cm³/mol. The van der Waals surface area contributed by atoms with E-state index in [1.54, 1.807) is 0 Å². The van der Waals surface area contributed by atoms with Gasteiger partial charge >= 0.3 is 0 Å². The summed E-state index contributed by atoms with van der Waals surface area (Å²) in [4.78, 5) is 16.9. The first-order valence-electron chi connectivity index (χ1n) is 7.30. The van der Waals surface area contributed by atoms with Gasteiger partial charge in [-0.3, -0.25) is 4.79 Å². The first kappa shape index (κ1) is 15.6. The lowest BCUT2D eigenvalue weighted by Gasteiger charge is -2.21. The van der Waals surface area contributed by atoms with Crippen molar-refractivity contribution in [3.05, 3.63) is 34.9 Å². The molecule has 112 valence electrons. The van der Waals surface area contributed by atoms with E-state index in [9.17, 15) is 4.79 Å². The van der Waals surface area contributed by atoms with Crippen molar-refractivity contribution in [1.29, 1.82) is 0 Å². The highest BCUT2D eigenvalue weighted by Crippen LogP contribution is 2.15. The number of aliphatic hydroxyl groups is 1. The Morgan fingerprint density at radius 1 is 1.29 bits per heavy atom. The van der Waals surface area contributed by atoms with Crippen molar-refractivity contribution >= 4 is 5.91 Å². The van der Waals surface area contributed by atoms with Gasteiger partial charge in [-0.2, -0.15) is 0 Å². The molecule has 0 radical (unpaired) electrons. The second-order valence-electron chi connectivity index (χ2n) is 5.44. The molecule has 1 amide bonds. The smallest absolute Gasteiger partial charge is 0.254 e. The van der Waals surface area contributed by atoms with Crippen LogP contribution in [0.1, 0.15) is 27.9 Å². The molecule has 4 nitrogen and oxygen atoms in total. The zero-order chi connectivity index (χ0) is 15.2. The maximum Gasteiger partial charge on any atom is 0.254 e. The molecule has 1 N–H and O–H groups in total. The normalized spacial score (nSPS) is 16.0. The Morgan fingerprint density at radius 2 is 2.10 bits per heavy atom. The van der Waals surface area contributed by atoms with Crippen LogP contribution in [0.15, 0.2) is 18.2 Å². The van der Waals surface area contributed by atoms with Crippen molar-refractivity contribution in [1.82, 2.24) is 9.80 Å². The number of aryl methyl sites for hydroxylation is 1. The molecule has 0 bridgehead atoms. The van der Waals surface area contributed by atoms with Gasteiger partial charge in [-0.15, -0.1) is 0 Å². The summed E-state index contributed by atoms with van der Waals surface area (Å²) in [6, 6.07) is 5.62. The zero-order valence-electron chi connectivity index (χ0n) is 12.7. The van der Waals surface area contributed by atoms with Gasteiger partial charge in [0.1, 0.15) is 6.61 Å². The van der Waals surface area contributed by atoms with Crippen LogP contribution in [-0.2, 0) is 0 Å². The summed E-state index contributed by atoms with van der Waals surface area (Å²) in [5, 5.41) is 8.77. The molecule has 1 aromatic rings. The van der Waals surface area contributed by atoms with E-state index in [1.807, 2.05) is 30.0 Å². The fourth-order valence-electron chi connectivity index (χ4n) is 2.49. The lowest BCUT2D eigenvalue weighted by molar-refractivity contribution is 0.0762. The summed E-state index contributed by atoms with van der Waals surface area (Å²) in [6.07, 6.45) is 1.01. The minimum atomic E-state index is -0.171. The van der Waals surface area contributed by atoms with Crippen molar-refractivity contribution in [2.24, 2.45) is 0 Å². The largest absolute Gasteiger partial charge is 0.384 e. The molecule has 0 atom stereocenters. The summed E-state index contributed by atoms with van der Waals surface area (Å²) in [5.41, 5.74) is 2.45. The van der Waals surface area contributed by atoms with Crippen LogP contribution in [0.2, 0.25) is 0 Å². The summed E-state index contributed by atoms with van der Waals surface area (Å²) >= 11 is 0. The van der Waals surface area contributed by atoms with E-state index < -0.39 is 0 Å². The number of likely N-dealkylation sites (N-methyl/N-ethyl adjacent to an activating group) is 1. The van der Waals surface area contributed by atoms with Crippen LogP contribution < -0.4 is 0 Å². The third-order valence-electron chi connectivity index (χ3n) is 3.79. The van der Waals surface area contributed by atoms with Gasteiger partial charge in [0.05, 0.1) is 0 Å². The van der Waals surface area contributed by atoms with Gasteiger partial charge in [0.15, 0.2) is 0 Å². The molecular weight excluding hydrogens is 264 g/mol. The summed E-state index contributed by atoms with van der Waals surface area (Å²) in [7, 11) is 2.09. The first-order chi connectivity index (χ1) is 10.1. The standard InChI is InChI=1S/C17H22N2O2/c1-14-6-7-15(5-3-12-20)13-16(14)17(21)19-9-4-8-18(2)10-11-19/h6-7,13,20H,4,8-12H2,1-2H3. The molecule has 1 heterocycles. The van der Waals surface area contributed by atoms with E-state index >= 15 is 0 Å². The maximum atomic E-state index is 12.7. The minimum Gasteiger partial charge on any atom is -0.384 e. The van der Waals surface area contributed by atoms with Gasteiger partial charge in [0.25, 0.3) is 5.91 Å². The number of nitrogens with zero attached hydrogens (tertiary/aromatic N) is 2. The Bertz CT molecular complexity index is 572. The molecule has 1 aliphatic rings. The average Bonchev–Trinajstić information content (AvgIpc) is 2.70. The predicted octanol–water partition coefficient (Wildman–Crippen LogP) is 1.12. The number of hydrogen-bond acceptors (Lipinski definition) is 3. The number of carbonyl (C=O) groups excluding carboxylic acids is 1. The van der Waals surface area contributed by atoms with Crippen LogP contribution >= 0.6 is 0 Å². The highest BCUT2D eigenvalue weighted by molar-refractivity contribution is 5.96. The lowest BCUT2D eigenvalue weighted by Crippen LogP contribution is -2.34. The van der Waals surface area contributed by atoms with Gasteiger partial charge in [-0.05, 0) is 44.6 Å². The number of benzene rings is 1. The fourth-order valence-corrected chi connectivity index (χ4v) is 2.49. The Kier molecular flexibility index (Phi) is 5.38. The zero-order valence-corrected chi connectivity index (χ0v) is 12.7. The number of rotatable bonds is 1. The quantitative estimate of drug-likeness (QED) is 0.787. The van der Waals surface area contributed by atoms with E-state index in [0.717, 1.165) is 43.7 Å². The highest BCUT2D eigenvalue weighted by Gasteiger charge is 2.20. The van der Waals surface area contributed by atoms with Crippen molar-refractivity contribution in [2.75, 3.05) is 39.8 Å². The Labute approximate surface area is 126 Å². The summed E-state index contributed by atoms with van der Waals surface area (Å²) < 4.78 is 0. The fraction of sp³-hybridized carbons (Fsp3) is 0.471. The summed E-state index contributed by atoms with van der Waals surface area (Å²) in [6.45, 7) is 5.28. The Hall–Kier alpha value is -1.83. The number of aliphatic hydroxyl groups excluding tert-OH is 1. The number of hydrogen-bond donors (Lipinski definition) is 1. The van der Waals surface area contributed by atoms with E-state index in [0.29, 0.717) is 5.56 Å². The molecule has 21 heavy (non-hydrogen) atoms. The van der Waals surface area contributed by atoms with E-state index in [-0.39, 0.29) is 12.5 Å². The second-order valence-corrected chi connectivity index (χ2v) is 5.44. The molecule has 1 fully saturated rings. The Morgan fingerprint density at radius 3 is 2.86 bits per heavy atom. The van der Waals surface area contributed by atoms with Gasteiger partial charge < -0.3 is 14.9 Å². The molecule has 0 saturated carbocycles. The highest BCUT2D eigenvalue weighted by atomic mass is 16.2. The number of amides is 1. The first-order valence-corrected chi connectivity index (χ1v) is 7.30. The van der Waals surface area contributed by atoms with Crippen LogP contribution in [0.4, 0.5) is 0 Å². The van der Waals surface area contributed by atoms with Crippen LogP contribution in [0.5, 0.6) is 0 Å². The monoisotopic (exact) mass is 286 g/mol. The van der Waals surface area contributed by atoms with Gasteiger partial charge in [-0.1, -0.05) is 17.9 Å². The van der Waals surface area contributed by atoms with Gasteiger partial charge in [0.2, 0.25) is 0 Å². The lowest BCUT2D eigenvalue weighted by atomic mass is 10.0. The third-order valence-corrected chi connectivity index (χ3v) is 3.79. The van der Waals surface area contributed by atoms with Gasteiger partial charge in [0, 0.05) is 30.8 Å². The molecular formula is C17H22N2O2. The van der Waals surface area contributed by atoms with Crippen molar-refractivity contribution in [2.45, 2.75) is 13.3 Å². The van der Waals surface area contributed by atoms with Gasteiger partial charge in [-0.25, -0.2) is 0 Å². The molecule has 1 aliphatic heterocycles. The molecule has 2 rings (SSSR count). The SMILES string of the molecule is Cc1ccc(C#CCO)cc1C(=O)N1CCCN(C)CC1. The van der Waals surface area contributed by atoms with Crippen molar-refractivity contribution in [3.63, 3.8) is 0 Å². The molecule has 1 aromatic carbocycles. The van der Waals surface area contributed by atoms with Crippen LogP contribution in [0.25, 0.3) is 0 Å². The van der Waals surface area contributed by atoms with E-state index in [2.05, 4.69) is 23.8 Å². The molecule has 0 aliphatic carbocycles. The topological polar surface area (TPSA) is 43.8 Å². The van der Waals surface area contributed by atoms with Crippen LogP contribution in [0.3, 0.4) is 0 Å². The Balaban J connectivity index is 2.21. The molecule has 1 saturated heterocycles.